The van der Waals surface area contributed by atoms with Gasteiger partial charge in [0.25, 0.3) is 12.3 Å². The molecule has 2 heterocycles. The number of alkyl halides is 3. The third-order valence-electron chi connectivity index (χ3n) is 8.39. The lowest BCUT2D eigenvalue weighted by Crippen LogP contribution is -2.49. The number of rotatable bonds is 10. The van der Waals surface area contributed by atoms with Crippen molar-refractivity contribution in [2.24, 2.45) is 5.92 Å². The number of aromatic nitrogens is 1. The van der Waals surface area contributed by atoms with Crippen molar-refractivity contribution >= 4 is 11.8 Å². The molecule has 3 unspecified atom stereocenters. The van der Waals surface area contributed by atoms with E-state index in [1.54, 1.807) is 12.3 Å². The van der Waals surface area contributed by atoms with Crippen LogP contribution < -0.4 is 10.6 Å². The van der Waals surface area contributed by atoms with Crippen LogP contribution in [0, 0.1) is 5.92 Å². The molecule has 1 aliphatic heterocycles. The number of likely N-dealkylation sites (tertiary alicyclic amines) is 1. The first-order chi connectivity index (χ1) is 19.5. The van der Waals surface area contributed by atoms with Crippen LogP contribution in [0.4, 0.5) is 13.2 Å². The van der Waals surface area contributed by atoms with E-state index in [0.717, 1.165) is 56.4 Å². The zero-order valence-corrected chi connectivity index (χ0v) is 22.9. The number of allylic oxidation sites excluding steroid dienone is 4. The molecule has 0 radical (unpaired) electrons. The number of benzene rings is 1. The molecule has 3 aliphatic rings. The van der Waals surface area contributed by atoms with Crippen LogP contribution in [0.15, 0.2) is 66.9 Å². The molecule has 0 spiro atoms. The number of hydrogen-bond acceptors (Lipinski definition) is 3. The summed E-state index contributed by atoms with van der Waals surface area (Å²) < 4.78 is 35.6. The first kappa shape index (κ1) is 29.6. The Morgan fingerprint density at radius 2 is 1.80 bits per heavy atom. The first-order valence-electron chi connectivity index (χ1n) is 14.0. The summed E-state index contributed by atoms with van der Waals surface area (Å²) in [6.45, 7) is 2.11. The molecule has 1 saturated heterocycles. The van der Waals surface area contributed by atoms with Crippen LogP contribution in [0.1, 0.15) is 59.6 Å². The lowest BCUT2D eigenvalue weighted by atomic mass is 9.67. The van der Waals surface area contributed by atoms with Crippen molar-refractivity contribution < 1.29 is 22.8 Å². The maximum atomic E-state index is 13.6. The van der Waals surface area contributed by atoms with Gasteiger partial charge in [-0.25, -0.2) is 8.78 Å². The Balaban J connectivity index is 0.00000181. The normalized spacial score (nSPS) is 23.7. The maximum absolute atomic E-state index is 13.6. The summed E-state index contributed by atoms with van der Waals surface area (Å²) in [5.74, 6) is -0.364. The number of fused-ring (bicyclic) bond motifs is 3. The fourth-order valence-corrected chi connectivity index (χ4v) is 6.54. The molecule has 2 aromatic rings. The largest absolute Gasteiger partial charge is 0.357 e. The summed E-state index contributed by atoms with van der Waals surface area (Å²) in [6.07, 6.45) is 11.5. The molecule has 40 heavy (non-hydrogen) atoms. The number of aromatic amines is 1. The van der Waals surface area contributed by atoms with E-state index in [9.17, 15) is 22.8 Å². The minimum atomic E-state index is -2.58. The average molecular weight is 557 g/mol. The highest BCUT2D eigenvalue weighted by Gasteiger charge is 2.54. The van der Waals surface area contributed by atoms with Gasteiger partial charge in [-0.2, -0.15) is 0 Å². The molecule has 2 amide bonds. The van der Waals surface area contributed by atoms with Crippen LogP contribution in [0.2, 0.25) is 0 Å². The summed E-state index contributed by atoms with van der Waals surface area (Å²) in [5.41, 5.74) is 1.82. The van der Waals surface area contributed by atoms with E-state index in [2.05, 4.69) is 38.7 Å². The number of unbranched alkanes of at least 4 members (excludes halogenated alkanes) is 1. The Bertz CT molecular complexity index is 1180. The molecule has 0 bridgehead atoms. The number of hydrogen-bond donors (Lipinski definition) is 3. The first-order valence-corrected chi connectivity index (χ1v) is 14.0. The number of nitrogens with one attached hydrogen (secondary N) is 3. The maximum Gasteiger partial charge on any atom is 0.267 e. The Labute approximate surface area is 234 Å². The lowest BCUT2D eigenvalue weighted by Gasteiger charge is -2.36. The van der Waals surface area contributed by atoms with Gasteiger partial charge in [-0.15, -0.1) is 0 Å². The topological polar surface area (TPSA) is 77.2 Å². The molecule has 6 nitrogen and oxygen atoms in total. The molecular formula is C31H39F3N4O2. The van der Waals surface area contributed by atoms with Crippen molar-refractivity contribution in [1.82, 2.24) is 20.5 Å². The van der Waals surface area contributed by atoms with Crippen molar-refractivity contribution in [2.45, 2.75) is 55.9 Å². The minimum absolute atomic E-state index is 0.0642. The van der Waals surface area contributed by atoms with Gasteiger partial charge in [-0.05, 0) is 55.5 Å². The minimum Gasteiger partial charge on any atom is -0.357 e. The second-order valence-corrected chi connectivity index (χ2v) is 10.6. The van der Waals surface area contributed by atoms with Gasteiger partial charge in [0.2, 0.25) is 5.91 Å². The van der Waals surface area contributed by atoms with Crippen LogP contribution in [-0.2, 0) is 10.2 Å². The predicted octanol–water partition coefficient (Wildman–Crippen LogP) is 5.12. The Kier molecular flexibility index (Phi) is 10.3. The fraction of sp³-hybridized carbons (Fsp3) is 0.484. The smallest absolute Gasteiger partial charge is 0.267 e. The monoisotopic (exact) mass is 556 g/mol. The predicted molar refractivity (Wildman–Crippen MR) is 150 cm³/mol. The molecule has 1 fully saturated rings. The number of nitrogens with zero attached hydrogens (tertiary/aromatic N) is 1. The zero-order chi connectivity index (χ0) is 28.5. The number of H-pyrrole nitrogens is 1. The van der Waals surface area contributed by atoms with Crippen LogP contribution in [0.5, 0.6) is 0 Å². The van der Waals surface area contributed by atoms with Crippen molar-refractivity contribution in [3.8, 4) is 0 Å². The van der Waals surface area contributed by atoms with Gasteiger partial charge in [-0.3, -0.25) is 14.0 Å². The summed E-state index contributed by atoms with van der Waals surface area (Å²) >= 11 is 0. The van der Waals surface area contributed by atoms with Gasteiger partial charge < -0.3 is 20.5 Å². The van der Waals surface area contributed by atoms with Gasteiger partial charge in [0.1, 0.15) is 5.69 Å². The quantitative estimate of drug-likeness (QED) is 0.356. The number of amides is 2. The summed E-state index contributed by atoms with van der Waals surface area (Å²) in [4.78, 5) is 31.3. The Morgan fingerprint density at radius 1 is 1.05 bits per heavy atom. The van der Waals surface area contributed by atoms with Crippen molar-refractivity contribution in [3.05, 3.63) is 83.7 Å². The van der Waals surface area contributed by atoms with Gasteiger partial charge >= 0.3 is 0 Å². The molecular weight excluding hydrogens is 517 g/mol. The molecule has 9 heteroatoms. The highest BCUT2D eigenvalue weighted by Crippen LogP contribution is 2.55. The second kappa shape index (κ2) is 13.8. The molecule has 0 saturated carbocycles. The van der Waals surface area contributed by atoms with Crippen molar-refractivity contribution in [3.63, 3.8) is 0 Å². The molecule has 216 valence electrons. The molecule has 1 aromatic carbocycles. The number of halogens is 3. The van der Waals surface area contributed by atoms with E-state index in [1.165, 1.54) is 0 Å². The lowest BCUT2D eigenvalue weighted by molar-refractivity contribution is -0.129. The Hall–Kier alpha value is -3.33. The number of carbonyl (C=O) groups excluding carboxylic acids is 2. The summed E-state index contributed by atoms with van der Waals surface area (Å²) in [7, 11) is 0.500. The van der Waals surface area contributed by atoms with E-state index < -0.39 is 18.4 Å². The van der Waals surface area contributed by atoms with Crippen LogP contribution in [0.25, 0.3) is 0 Å². The fourth-order valence-electron chi connectivity index (χ4n) is 6.54. The molecule has 3 N–H and O–H groups in total. The van der Waals surface area contributed by atoms with Gasteiger partial charge in [0.15, 0.2) is 0 Å². The molecule has 5 rings (SSSR count). The van der Waals surface area contributed by atoms with E-state index >= 15 is 0 Å². The highest BCUT2D eigenvalue weighted by molar-refractivity contribution is 5.92. The second-order valence-electron chi connectivity index (χ2n) is 10.6. The molecule has 3 atom stereocenters. The highest BCUT2D eigenvalue weighted by atomic mass is 19.3. The average Bonchev–Trinajstić information content (AvgIpc) is 3.62. The van der Waals surface area contributed by atoms with Crippen LogP contribution in [0.3, 0.4) is 0 Å². The van der Waals surface area contributed by atoms with E-state index in [4.69, 9.17) is 0 Å². The third-order valence-corrected chi connectivity index (χ3v) is 8.39. The number of carbonyl (C=O) groups is 2. The van der Waals surface area contributed by atoms with E-state index in [0.29, 0.717) is 19.3 Å². The standard InChI is InChI=1S/C30H36F2N4O2.CH3F/c31-27(32)20-34-29(38)30(24-10-3-1-8-22(24)23-9-2-4-11-25(23)30)15-5-6-17-36-18-13-21(14-19-36)35-28(37)26-12-7-16-33-26;1-2/h1-4,7-12,16,21-22,24,27,33H,5-6,13-15,17-20H2,(H,34,38)(H,35,37);1H3. The van der Waals surface area contributed by atoms with Crippen molar-refractivity contribution in [1.29, 1.82) is 0 Å². The van der Waals surface area contributed by atoms with Crippen LogP contribution in [-0.4, -0.2) is 67.5 Å². The van der Waals surface area contributed by atoms with Gasteiger partial charge in [0, 0.05) is 37.2 Å². The zero-order valence-electron chi connectivity index (χ0n) is 22.9. The van der Waals surface area contributed by atoms with Gasteiger partial charge in [0.05, 0.1) is 19.1 Å². The van der Waals surface area contributed by atoms with Crippen molar-refractivity contribution in [2.75, 3.05) is 33.4 Å². The number of piperidine rings is 1. The Morgan fingerprint density at radius 3 is 2.52 bits per heavy atom. The molecule has 2 aliphatic carbocycles. The van der Waals surface area contributed by atoms with E-state index in [1.807, 2.05) is 36.4 Å². The summed E-state index contributed by atoms with van der Waals surface area (Å²) in [6, 6.07) is 11.8. The molecule has 1 aromatic heterocycles. The van der Waals surface area contributed by atoms with Crippen LogP contribution >= 0.6 is 0 Å². The SMILES string of the molecule is CF.O=C(NC1CCN(CCCCC2(C(=O)NCC(F)F)c3ccccc3C3C=CC=CC32)CC1)c1ccc[nH]1. The summed E-state index contributed by atoms with van der Waals surface area (Å²) in [5, 5.41) is 5.68. The van der Waals surface area contributed by atoms with Gasteiger partial charge in [-0.1, -0.05) is 55.0 Å². The third kappa shape index (κ3) is 6.35. The van der Waals surface area contributed by atoms with E-state index in [-0.39, 0.29) is 29.7 Å².